The van der Waals surface area contributed by atoms with Gasteiger partial charge in [0, 0.05) is 0 Å². The molecule has 2 rings (SSSR count). The first-order valence-electron chi connectivity index (χ1n) is 5.13. The number of nitrogens with zero attached hydrogens (tertiary/aromatic N) is 3. The van der Waals surface area contributed by atoms with E-state index >= 15 is 0 Å². The highest BCUT2D eigenvalue weighted by Gasteiger charge is 2.18. The average Bonchev–Trinajstić information content (AvgIpc) is 2.77. The van der Waals surface area contributed by atoms with Gasteiger partial charge in [-0.1, -0.05) is 6.07 Å². The first-order valence-corrected chi connectivity index (χ1v) is 5.13. The number of rotatable bonds is 4. The Morgan fingerprint density at radius 2 is 2.00 bits per heavy atom. The maximum absolute atomic E-state index is 13.3. The number of carbonyl (C=O) groups excluding carboxylic acids is 1. The van der Waals surface area contributed by atoms with E-state index in [-0.39, 0.29) is 5.69 Å². The number of hydrogen-bond acceptors (Lipinski definition) is 4. The maximum Gasteiger partial charge on any atom is 0.307 e. The van der Waals surface area contributed by atoms with Crippen LogP contribution in [0.2, 0.25) is 0 Å². The lowest BCUT2D eigenvalue weighted by atomic mass is 10.1. The summed E-state index contributed by atoms with van der Waals surface area (Å²) in [5.41, 5.74) is -0.984. The Labute approximate surface area is 105 Å². The van der Waals surface area contributed by atoms with Crippen molar-refractivity contribution in [3.63, 3.8) is 0 Å². The molecule has 1 aromatic heterocycles. The van der Waals surface area contributed by atoms with Gasteiger partial charge < -0.3 is 0 Å². The molecule has 0 saturated heterocycles. The predicted molar refractivity (Wildman–Crippen MR) is 59.6 cm³/mol. The SMILES string of the molecule is O=C(Cn1cc([N+](=O)[O-])cn1)c1c(F)cccc1F. The number of carbonyl (C=O) groups is 1. The van der Waals surface area contributed by atoms with Gasteiger partial charge in [-0.25, -0.2) is 8.78 Å². The van der Waals surface area contributed by atoms with Crippen LogP contribution in [0.1, 0.15) is 10.4 Å². The van der Waals surface area contributed by atoms with Gasteiger partial charge in [0.25, 0.3) is 0 Å². The number of aromatic nitrogens is 2. The van der Waals surface area contributed by atoms with Crippen molar-refractivity contribution < 1.29 is 18.5 Å². The van der Waals surface area contributed by atoms with Crippen LogP contribution in [-0.2, 0) is 6.54 Å². The van der Waals surface area contributed by atoms with Gasteiger partial charge in [0.05, 0.1) is 10.5 Å². The molecule has 0 fully saturated rings. The van der Waals surface area contributed by atoms with Gasteiger partial charge in [0.2, 0.25) is 0 Å². The monoisotopic (exact) mass is 267 g/mol. The van der Waals surface area contributed by atoms with Crippen LogP contribution in [0.5, 0.6) is 0 Å². The largest absolute Gasteiger partial charge is 0.307 e. The second kappa shape index (κ2) is 4.92. The zero-order valence-corrected chi connectivity index (χ0v) is 9.42. The molecule has 0 spiro atoms. The fraction of sp³-hybridized carbons (Fsp3) is 0.0909. The van der Waals surface area contributed by atoms with E-state index in [0.29, 0.717) is 0 Å². The predicted octanol–water partition coefficient (Wildman–Crippen LogP) is 1.95. The van der Waals surface area contributed by atoms with Gasteiger partial charge in [0.15, 0.2) is 5.78 Å². The third-order valence-corrected chi connectivity index (χ3v) is 2.38. The Morgan fingerprint density at radius 3 is 2.53 bits per heavy atom. The summed E-state index contributed by atoms with van der Waals surface area (Å²) in [5.74, 6) is -2.81. The lowest BCUT2D eigenvalue weighted by Gasteiger charge is -2.03. The van der Waals surface area contributed by atoms with Gasteiger partial charge >= 0.3 is 5.69 Å². The van der Waals surface area contributed by atoms with Crippen molar-refractivity contribution in [3.05, 3.63) is 57.9 Å². The average molecular weight is 267 g/mol. The Hall–Kier alpha value is -2.64. The van der Waals surface area contributed by atoms with E-state index in [4.69, 9.17) is 0 Å². The van der Waals surface area contributed by atoms with Gasteiger partial charge in [-0.3, -0.25) is 19.6 Å². The molecule has 1 heterocycles. The molecule has 8 heteroatoms. The summed E-state index contributed by atoms with van der Waals surface area (Å²) in [6.07, 6.45) is 1.96. The fourth-order valence-corrected chi connectivity index (χ4v) is 1.52. The molecule has 0 amide bonds. The van der Waals surface area contributed by atoms with Gasteiger partial charge in [-0.15, -0.1) is 0 Å². The van der Waals surface area contributed by atoms with Crippen LogP contribution in [0.3, 0.4) is 0 Å². The fourth-order valence-electron chi connectivity index (χ4n) is 1.52. The molecule has 0 radical (unpaired) electrons. The third kappa shape index (κ3) is 2.62. The van der Waals surface area contributed by atoms with E-state index in [1.165, 1.54) is 0 Å². The first kappa shape index (κ1) is 12.8. The highest BCUT2D eigenvalue weighted by Crippen LogP contribution is 2.14. The summed E-state index contributed by atoms with van der Waals surface area (Å²) >= 11 is 0. The van der Waals surface area contributed by atoms with Gasteiger partial charge in [-0.2, -0.15) is 5.10 Å². The Kier molecular flexibility index (Phi) is 3.32. The standard InChI is InChI=1S/C11H7F2N3O3/c12-8-2-1-3-9(13)11(8)10(17)6-15-5-7(4-14-15)16(18)19/h1-5H,6H2. The van der Waals surface area contributed by atoms with E-state index in [1.807, 2.05) is 0 Å². The zero-order valence-electron chi connectivity index (χ0n) is 9.42. The van der Waals surface area contributed by atoms with Crippen LogP contribution in [0.15, 0.2) is 30.6 Å². The second-order valence-electron chi connectivity index (χ2n) is 3.67. The van der Waals surface area contributed by atoms with Crippen molar-refractivity contribution in [1.82, 2.24) is 9.78 Å². The van der Waals surface area contributed by atoms with Crippen molar-refractivity contribution in [3.8, 4) is 0 Å². The maximum atomic E-state index is 13.3. The minimum absolute atomic E-state index is 0.304. The number of benzene rings is 1. The van der Waals surface area contributed by atoms with E-state index in [1.54, 1.807) is 0 Å². The molecule has 98 valence electrons. The van der Waals surface area contributed by atoms with Gasteiger partial charge in [-0.05, 0) is 12.1 Å². The number of hydrogen-bond donors (Lipinski definition) is 0. The zero-order chi connectivity index (χ0) is 14.0. The van der Waals surface area contributed by atoms with Crippen molar-refractivity contribution in [2.45, 2.75) is 6.54 Å². The van der Waals surface area contributed by atoms with E-state index in [0.717, 1.165) is 35.3 Å². The molecule has 19 heavy (non-hydrogen) atoms. The summed E-state index contributed by atoms with van der Waals surface area (Å²) < 4.78 is 27.6. The molecule has 0 aliphatic carbocycles. The second-order valence-corrected chi connectivity index (χ2v) is 3.67. The smallest absolute Gasteiger partial charge is 0.292 e. The van der Waals surface area contributed by atoms with Crippen LogP contribution in [0, 0.1) is 21.7 Å². The minimum Gasteiger partial charge on any atom is -0.292 e. The highest BCUT2D eigenvalue weighted by atomic mass is 19.1. The third-order valence-electron chi connectivity index (χ3n) is 2.38. The van der Waals surface area contributed by atoms with E-state index < -0.39 is 34.4 Å². The Balaban J connectivity index is 2.23. The number of Topliss-reactive ketones (excluding diaryl/α,β-unsaturated/α-hetero) is 1. The van der Waals surface area contributed by atoms with Crippen LogP contribution in [0.25, 0.3) is 0 Å². The number of nitro groups is 1. The first-order chi connectivity index (χ1) is 8.99. The van der Waals surface area contributed by atoms with Crippen LogP contribution in [0.4, 0.5) is 14.5 Å². The lowest BCUT2D eigenvalue weighted by Crippen LogP contribution is -2.14. The molecule has 0 aliphatic rings. The molecule has 0 aliphatic heterocycles. The molecule has 2 aromatic rings. The quantitative estimate of drug-likeness (QED) is 0.482. The molecular formula is C11H7F2N3O3. The van der Waals surface area contributed by atoms with E-state index in [2.05, 4.69) is 5.10 Å². The van der Waals surface area contributed by atoms with E-state index in [9.17, 15) is 23.7 Å². The van der Waals surface area contributed by atoms with Crippen LogP contribution in [-0.4, -0.2) is 20.5 Å². The summed E-state index contributed by atoms with van der Waals surface area (Å²) in [6, 6.07) is 3.06. The van der Waals surface area contributed by atoms with Crippen LogP contribution >= 0.6 is 0 Å². The molecule has 0 saturated carbocycles. The van der Waals surface area contributed by atoms with Crippen molar-refractivity contribution in [2.75, 3.05) is 0 Å². The molecule has 6 nitrogen and oxygen atoms in total. The lowest BCUT2D eigenvalue weighted by molar-refractivity contribution is -0.385. The molecule has 0 unspecified atom stereocenters. The van der Waals surface area contributed by atoms with Crippen molar-refractivity contribution in [2.24, 2.45) is 0 Å². The summed E-state index contributed by atoms with van der Waals surface area (Å²) in [4.78, 5) is 21.5. The molecule has 1 aromatic carbocycles. The number of ketones is 1. The Bertz CT molecular complexity index is 634. The molecule has 0 atom stereocenters. The Morgan fingerprint density at radius 1 is 1.37 bits per heavy atom. The minimum atomic E-state index is -0.980. The topological polar surface area (TPSA) is 78.0 Å². The molecule has 0 bridgehead atoms. The highest BCUT2D eigenvalue weighted by molar-refractivity contribution is 5.96. The normalized spacial score (nSPS) is 10.4. The molecule has 0 N–H and O–H groups in total. The van der Waals surface area contributed by atoms with Crippen molar-refractivity contribution >= 4 is 11.5 Å². The van der Waals surface area contributed by atoms with Gasteiger partial charge in [0.1, 0.15) is 30.6 Å². The summed E-state index contributed by atoms with van der Waals surface area (Å²) in [5, 5.41) is 14.0. The molecular weight excluding hydrogens is 260 g/mol. The van der Waals surface area contributed by atoms with Crippen molar-refractivity contribution in [1.29, 1.82) is 0 Å². The number of halogens is 2. The summed E-state index contributed by atoms with van der Waals surface area (Å²) in [7, 11) is 0. The van der Waals surface area contributed by atoms with Crippen LogP contribution < -0.4 is 0 Å². The summed E-state index contributed by atoms with van der Waals surface area (Å²) in [6.45, 7) is -0.480.